The molecule has 9 atom stereocenters. The largest absolute Gasteiger partial charge is 0.393 e. The van der Waals surface area contributed by atoms with E-state index in [1.807, 2.05) is 0 Å². The summed E-state index contributed by atoms with van der Waals surface area (Å²) in [5, 5.41) is 18.4. The molecule has 238 valence electrons. The summed E-state index contributed by atoms with van der Waals surface area (Å²) in [7, 11) is 0. The van der Waals surface area contributed by atoms with E-state index in [1.165, 1.54) is 90.1 Å². The molecule has 1 heteroatoms. The van der Waals surface area contributed by atoms with Gasteiger partial charge in [0, 0.05) is 0 Å². The Kier molecular flexibility index (Phi) is 8.39. The molecule has 0 aromatic heterocycles. The molecule has 0 radical (unpaired) electrons. The maximum absolute atomic E-state index is 10.2. The van der Waals surface area contributed by atoms with Gasteiger partial charge in [0.25, 0.3) is 0 Å². The van der Waals surface area contributed by atoms with E-state index in [-0.39, 0.29) is 6.10 Å². The fraction of sp³-hybridized carbons (Fsp3) is 0.545. The van der Waals surface area contributed by atoms with Crippen molar-refractivity contribution in [1.82, 2.24) is 0 Å². The summed E-state index contributed by atoms with van der Waals surface area (Å²) in [6, 6.07) is 21.9. The van der Waals surface area contributed by atoms with Gasteiger partial charge < -0.3 is 5.11 Å². The van der Waals surface area contributed by atoms with Gasteiger partial charge >= 0.3 is 0 Å². The molecule has 4 aromatic carbocycles. The van der Waals surface area contributed by atoms with Crippen molar-refractivity contribution in [2.45, 2.75) is 104 Å². The molecular weight excluding hydrogens is 544 g/mol. The number of fused-ring (bicyclic) bond motifs is 5. The Hall–Kier alpha value is -2.64. The predicted molar refractivity (Wildman–Crippen MR) is 194 cm³/mol. The lowest BCUT2D eigenvalue weighted by atomic mass is 9.47. The van der Waals surface area contributed by atoms with Gasteiger partial charge in [-0.05, 0) is 136 Å². The minimum atomic E-state index is -0.0831. The molecule has 0 saturated heterocycles. The van der Waals surface area contributed by atoms with Gasteiger partial charge in [-0.3, -0.25) is 0 Å². The van der Waals surface area contributed by atoms with Gasteiger partial charge in [-0.15, -0.1) is 6.58 Å². The van der Waals surface area contributed by atoms with E-state index in [9.17, 15) is 5.11 Å². The molecule has 45 heavy (non-hydrogen) atoms. The quantitative estimate of drug-likeness (QED) is 0.172. The summed E-state index contributed by atoms with van der Waals surface area (Å²) in [6.07, 6.45) is 19.0. The van der Waals surface area contributed by atoms with Crippen LogP contribution in [0.2, 0.25) is 0 Å². The average molecular weight is 601 g/mol. The van der Waals surface area contributed by atoms with E-state index >= 15 is 0 Å². The van der Waals surface area contributed by atoms with Gasteiger partial charge in [-0.1, -0.05) is 119 Å². The van der Waals surface area contributed by atoms with E-state index < -0.39 is 0 Å². The van der Waals surface area contributed by atoms with Crippen LogP contribution >= 0.6 is 0 Å². The summed E-state index contributed by atoms with van der Waals surface area (Å²) in [4.78, 5) is 0. The first-order valence-electron chi connectivity index (χ1n) is 18.4. The molecule has 1 unspecified atom stereocenters. The number of aliphatic hydroxyl groups is 1. The number of hydrogen-bond donors (Lipinski definition) is 1. The third-order valence-electron chi connectivity index (χ3n) is 14.0. The van der Waals surface area contributed by atoms with E-state index in [0.29, 0.717) is 16.7 Å². The number of hydrogen-bond acceptors (Lipinski definition) is 1. The van der Waals surface area contributed by atoms with Crippen LogP contribution in [0.15, 0.2) is 85.0 Å². The topological polar surface area (TPSA) is 20.2 Å². The van der Waals surface area contributed by atoms with Crippen molar-refractivity contribution < 1.29 is 5.11 Å². The van der Waals surface area contributed by atoms with Gasteiger partial charge in [0.05, 0.1) is 6.10 Å². The minimum Gasteiger partial charge on any atom is -0.393 e. The van der Waals surface area contributed by atoms with Crippen LogP contribution in [0.4, 0.5) is 0 Å². The number of aliphatic hydroxyl groups excluding tert-OH is 1. The van der Waals surface area contributed by atoms with Gasteiger partial charge in [0.2, 0.25) is 0 Å². The monoisotopic (exact) mass is 600 g/mol. The highest BCUT2D eigenvalue weighted by molar-refractivity contribution is 6.22. The molecule has 1 N–H and O–H groups in total. The normalized spacial score (nSPS) is 33.9. The van der Waals surface area contributed by atoms with Crippen LogP contribution in [0, 0.1) is 46.3 Å². The minimum absolute atomic E-state index is 0.0831. The van der Waals surface area contributed by atoms with Crippen LogP contribution in [0.5, 0.6) is 0 Å². The maximum atomic E-state index is 10.2. The van der Waals surface area contributed by atoms with E-state index in [2.05, 4.69) is 107 Å². The molecule has 0 aliphatic heterocycles. The summed E-state index contributed by atoms with van der Waals surface area (Å²) in [5.74, 6) is 5.17. The lowest BCUT2D eigenvalue weighted by Crippen LogP contribution is -2.50. The highest BCUT2D eigenvalue weighted by Crippen LogP contribution is 2.67. The molecule has 0 amide bonds. The molecule has 4 aliphatic rings. The highest BCUT2D eigenvalue weighted by atomic mass is 16.3. The zero-order valence-corrected chi connectivity index (χ0v) is 28.4. The second-order valence-corrected chi connectivity index (χ2v) is 16.3. The average Bonchev–Trinajstić information content (AvgIpc) is 3.41. The van der Waals surface area contributed by atoms with Crippen molar-refractivity contribution in [1.29, 1.82) is 0 Å². The van der Waals surface area contributed by atoms with E-state index in [1.54, 1.807) is 5.57 Å². The van der Waals surface area contributed by atoms with Crippen molar-refractivity contribution in [2.24, 2.45) is 46.3 Å². The molecule has 0 heterocycles. The van der Waals surface area contributed by atoms with Crippen LogP contribution in [0.25, 0.3) is 32.3 Å². The third-order valence-corrected chi connectivity index (χ3v) is 14.0. The zero-order valence-electron chi connectivity index (χ0n) is 28.4. The van der Waals surface area contributed by atoms with Crippen molar-refractivity contribution >= 4 is 32.3 Å². The van der Waals surface area contributed by atoms with Crippen LogP contribution < -0.4 is 0 Å². The lowest BCUT2D eigenvalue weighted by molar-refractivity contribution is -0.0572. The Bertz CT molecular complexity index is 1550. The van der Waals surface area contributed by atoms with Crippen molar-refractivity contribution in [3.8, 4) is 0 Å². The van der Waals surface area contributed by atoms with Crippen LogP contribution in [-0.2, 0) is 0 Å². The third kappa shape index (κ3) is 5.36. The Labute approximate surface area is 272 Å². The first-order chi connectivity index (χ1) is 21.7. The van der Waals surface area contributed by atoms with E-state index in [4.69, 9.17) is 0 Å². The van der Waals surface area contributed by atoms with Crippen LogP contribution in [0.1, 0.15) is 98.3 Å². The van der Waals surface area contributed by atoms with Gasteiger partial charge in [0.15, 0.2) is 0 Å². The van der Waals surface area contributed by atoms with Gasteiger partial charge in [-0.25, -0.2) is 0 Å². The fourth-order valence-corrected chi connectivity index (χ4v) is 11.4. The Morgan fingerprint density at radius 1 is 0.800 bits per heavy atom. The van der Waals surface area contributed by atoms with Crippen LogP contribution in [0.3, 0.4) is 0 Å². The SMILES string of the molecule is C=CC(C)CCC[C@@H](C)[C@H]1CC[C@H]2[C@@H]3CC=C4C[C@@H](O)CC[C@]4(C)[C@H]3CC[C@]12C.c1cc2ccc3cccc4ccc(c1)c2c34. The van der Waals surface area contributed by atoms with Gasteiger partial charge in [0.1, 0.15) is 0 Å². The number of allylic oxidation sites excluding steroid dienone is 2. The van der Waals surface area contributed by atoms with E-state index in [0.717, 1.165) is 42.4 Å². The molecule has 0 spiro atoms. The molecule has 4 aromatic rings. The summed E-state index contributed by atoms with van der Waals surface area (Å²) in [6.45, 7) is 14.1. The standard InChI is InChI=1S/C28H46O.C16H10/c1-6-19(2)8-7-9-20(3)24-12-13-25-23-11-10-21-18-22(29)14-16-27(21,4)26(23)15-17-28(24,25)5;1-3-11-7-9-13-5-2-6-14-10-8-12(4-1)15(11)16(13)14/h6,10,19-20,22-26,29H,1,7-9,11-18H2,2-5H3;1-10H/t19?,20-,22+,23+,24-,25+,26+,27+,28-;/m1./s1. The zero-order chi connectivity index (χ0) is 31.3. The van der Waals surface area contributed by atoms with Crippen LogP contribution in [-0.4, -0.2) is 11.2 Å². The molecule has 4 aliphatic carbocycles. The fourth-order valence-electron chi connectivity index (χ4n) is 11.4. The molecule has 8 rings (SSSR count). The second-order valence-electron chi connectivity index (χ2n) is 16.3. The summed E-state index contributed by atoms with van der Waals surface area (Å²) >= 11 is 0. The molecule has 3 saturated carbocycles. The first kappa shape index (κ1) is 31.0. The molecular formula is C44H56O. The van der Waals surface area contributed by atoms with Crippen molar-refractivity contribution in [3.05, 3.63) is 85.0 Å². The van der Waals surface area contributed by atoms with Gasteiger partial charge in [-0.2, -0.15) is 0 Å². The lowest BCUT2D eigenvalue weighted by Gasteiger charge is -2.58. The number of benzene rings is 4. The predicted octanol–water partition coefficient (Wildman–Crippen LogP) is 12.1. The Morgan fingerprint density at radius 3 is 2.02 bits per heavy atom. The second kappa shape index (κ2) is 12.2. The molecule has 0 bridgehead atoms. The first-order valence-corrected chi connectivity index (χ1v) is 18.4. The Morgan fingerprint density at radius 2 is 1.42 bits per heavy atom. The molecule has 3 fully saturated rings. The summed E-state index contributed by atoms with van der Waals surface area (Å²) in [5.41, 5.74) is 2.56. The number of rotatable bonds is 6. The van der Waals surface area contributed by atoms with Crippen molar-refractivity contribution in [3.63, 3.8) is 0 Å². The smallest absolute Gasteiger partial charge is 0.0577 e. The Balaban J connectivity index is 0.000000169. The maximum Gasteiger partial charge on any atom is 0.0577 e. The summed E-state index contributed by atoms with van der Waals surface area (Å²) < 4.78 is 0. The highest BCUT2D eigenvalue weighted by Gasteiger charge is 2.59. The molecule has 1 nitrogen and oxygen atoms in total. The van der Waals surface area contributed by atoms with Crippen molar-refractivity contribution in [2.75, 3.05) is 0 Å².